The Kier molecular flexibility index (Phi) is 46.3. The maximum absolute atomic E-state index is 11.5. The van der Waals surface area contributed by atoms with Crippen molar-refractivity contribution in [3.8, 4) is 0 Å². The SMILES string of the molecule is C=CC(C/C=C/CCO)CC/C=C\CO.CCC(CCCC(C)(CO)C(CC)C(CCC(C)CCO)CC(C)C(C)CCO)CC(C)C(C)CCO.O=BP.O=C(OOC(=O)c1ccccc1)c1ccccc1. The molecule has 11 unspecified atom stereocenters. The number of hydrogen-bond donors (Lipinski definition) is 6. The van der Waals surface area contributed by atoms with Crippen LogP contribution in [-0.4, -0.2) is 89.1 Å². The number of rotatable bonds is 35. The third-order valence-corrected chi connectivity index (χ3v) is 14.8. The minimum atomic E-state index is -0.708. The van der Waals surface area contributed by atoms with Crippen LogP contribution in [0.25, 0.3) is 0 Å². The van der Waals surface area contributed by atoms with Crippen LogP contribution in [0.2, 0.25) is 0 Å². The van der Waals surface area contributed by atoms with Crippen LogP contribution in [0.15, 0.2) is 97.6 Å². The Labute approximate surface area is 446 Å². The zero-order valence-corrected chi connectivity index (χ0v) is 47.7. The van der Waals surface area contributed by atoms with E-state index >= 15 is 0 Å². The molecule has 0 saturated carbocycles. The van der Waals surface area contributed by atoms with Crippen molar-refractivity contribution in [1.29, 1.82) is 0 Å². The summed E-state index contributed by atoms with van der Waals surface area (Å²) in [4.78, 5) is 31.9. The van der Waals surface area contributed by atoms with E-state index in [0.29, 0.717) is 71.3 Å². The zero-order valence-electron chi connectivity index (χ0n) is 46.5. The van der Waals surface area contributed by atoms with E-state index < -0.39 is 11.9 Å². The molecule has 11 atom stereocenters. The van der Waals surface area contributed by atoms with E-state index in [-0.39, 0.29) is 45.1 Å². The molecular weight excluding hydrogens is 938 g/mol. The minimum absolute atomic E-state index is 0.0757. The Bertz CT molecular complexity index is 1630. The van der Waals surface area contributed by atoms with E-state index in [1.807, 2.05) is 27.3 Å². The summed E-state index contributed by atoms with van der Waals surface area (Å²) in [7, 11) is 1.90. The number of aliphatic hydroxyl groups is 6. The quantitative estimate of drug-likeness (QED) is 0.0127. The largest absolute Gasteiger partial charge is 0.386 e. The second-order valence-electron chi connectivity index (χ2n) is 20.4. The normalized spacial score (nSPS) is 15.7. The molecule has 0 amide bonds. The summed E-state index contributed by atoms with van der Waals surface area (Å²) in [6, 6.07) is 16.6. The third kappa shape index (κ3) is 34.8. The van der Waals surface area contributed by atoms with Gasteiger partial charge in [0.1, 0.15) is 0 Å². The molecule has 0 saturated heterocycles. The molecule has 13 heteroatoms. The molecule has 2 rings (SSSR count). The van der Waals surface area contributed by atoms with Crippen LogP contribution in [0.5, 0.6) is 0 Å². The van der Waals surface area contributed by atoms with Crippen LogP contribution in [-0.2, 0) is 14.5 Å². The van der Waals surface area contributed by atoms with E-state index in [1.165, 1.54) is 19.3 Å². The van der Waals surface area contributed by atoms with E-state index in [4.69, 9.17) is 14.9 Å². The van der Waals surface area contributed by atoms with Gasteiger partial charge in [-0.2, -0.15) is 0 Å². The summed E-state index contributed by atoms with van der Waals surface area (Å²) in [5, 5.41) is 56.1. The Morgan fingerprint density at radius 2 is 1.15 bits per heavy atom. The first-order valence-electron chi connectivity index (χ1n) is 27.3. The summed E-state index contributed by atoms with van der Waals surface area (Å²) >= 11 is 0. The first-order valence-corrected chi connectivity index (χ1v) is 28.0. The number of carbonyl (C=O) groups is 2. The molecule has 0 spiro atoms. The Hall–Kier alpha value is -3.35. The average Bonchev–Trinajstić information content (AvgIpc) is 3.39. The van der Waals surface area contributed by atoms with Crippen LogP contribution in [0.1, 0.15) is 179 Å². The van der Waals surface area contributed by atoms with Gasteiger partial charge in [-0.1, -0.05) is 154 Å². The average molecular weight is 1040 g/mol. The van der Waals surface area contributed by atoms with Crippen molar-refractivity contribution in [2.75, 3.05) is 39.6 Å². The van der Waals surface area contributed by atoms with Crippen LogP contribution in [0.3, 0.4) is 0 Å². The van der Waals surface area contributed by atoms with Gasteiger partial charge in [0.2, 0.25) is 0 Å². The van der Waals surface area contributed by atoms with Crippen molar-refractivity contribution in [2.24, 2.45) is 58.7 Å². The molecule has 0 aliphatic carbocycles. The molecular formula is C60H102BO11P. The van der Waals surface area contributed by atoms with E-state index in [9.17, 15) is 30.0 Å². The molecule has 0 bridgehead atoms. The number of allylic oxidation sites excluding steroid dienone is 3. The van der Waals surface area contributed by atoms with E-state index in [0.717, 1.165) is 83.5 Å². The van der Waals surface area contributed by atoms with Gasteiger partial charge in [-0.25, -0.2) is 19.4 Å². The van der Waals surface area contributed by atoms with Crippen LogP contribution in [0, 0.1) is 58.7 Å². The topological polar surface area (TPSA) is 191 Å². The van der Waals surface area contributed by atoms with E-state index in [1.54, 1.807) is 66.7 Å². The predicted molar refractivity (Wildman–Crippen MR) is 304 cm³/mol. The number of aliphatic hydroxyl groups excluding tert-OH is 6. The second-order valence-corrected chi connectivity index (χ2v) is 20.7. The molecule has 0 aliphatic heterocycles. The van der Waals surface area contributed by atoms with Crippen LogP contribution in [0.4, 0.5) is 0 Å². The standard InChI is InChI=1S/C33H68O4.C14H10O4.C13H22O2.BH2OP/c1-9-30(22-28(6)26(4)16-20-35)12-11-18-33(8,24-37)32(10-2)31(14-13-25(3)15-19-34)23-29(7)27(5)17-21-36;15-13(11-7-3-1-4-8-11)17-18-14(16)12-9-5-2-6-10-12;1-2-13(9-5-3-7-11-14)10-6-4-8-12-15;2-1-3/h25-32,34-37H,9-24H2,1-8H3;1-10H;2-5,8,13-15H,1,6-7,9-12H2;3H2/b;;5-3+,8-4-;. The van der Waals surface area contributed by atoms with Gasteiger partial charge in [0.15, 0.2) is 0 Å². The molecule has 2 aromatic rings. The first kappa shape index (κ1) is 71.7. The fourth-order valence-corrected chi connectivity index (χ4v) is 9.47. The fraction of sp³-hybridized carbons (Fsp3) is 0.667. The predicted octanol–water partition coefficient (Wildman–Crippen LogP) is 12.6. The van der Waals surface area contributed by atoms with Gasteiger partial charge in [-0.3, -0.25) is 0 Å². The summed E-state index contributed by atoms with van der Waals surface area (Å²) in [6.07, 6.45) is 26.6. The molecule has 0 heterocycles. The second kappa shape index (κ2) is 47.1. The molecule has 0 aliphatic rings. The van der Waals surface area contributed by atoms with Gasteiger partial charge >= 0.3 is 32.6 Å². The van der Waals surface area contributed by atoms with Gasteiger partial charge < -0.3 is 30.6 Å². The first-order chi connectivity index (χ1) is 35.1. The van der Waals surface area contributed by atoms with Gasteiger partial charge in [0.25, 0.3) is 0 Å². The van der Waals surface area contributed by atoms with Gasteiger partial charge in [-0.05, 0) is 154 Å². The smallest absolute Gasteiger partial charge is 0.242 e. The van der Waals surface area contributed by atoms with Crippen molar-refractivity contribution >= 4 is 27.9 Å². The maximum atomic E-state index is 11.5. The Balaban J connectivity index is 0. The molecule has 416 valence electrons. The van der Waals surface area contributed by atoms with Crippen LogP contribution < -0.4 is 0 Å². The van der Waals surface area contributed by atoms with Crippen molar-refractivity contribution in [3.63, 3.8) is 0 Å². The minimum Gasteiger partial charge on any atom is -0.242 e. The molecule has 0 fully saturated rings. The molecule has 0 aromatic heterocycles. The summed E-state index contributed by atoms with van der Waals surface area (Å²) in [5.74, 6) is 3.60. The zero-order chi connectivity index (χ0) is 55.3. The van der Waals surface area contributed by atoms with Gasteiger partial charge in [0, 0.05) is 33.0 Å². The van der Waals surface area contributed by atoms with Crippen molar-refractivity contribution in [3.05, 3.63) is 109 Å². The molecule has 11 nitrogen and oxygen atoms in total. The molecule has 0 radical (unpaired) electrons. The summed E-state index contributed by atoms with van der Waals surface area (Å²) < 4.78 is 8.77. The number of hydrogen-bond acceptors (Lipinski definition) is 11. The fourth-order valence-electron chi connectivity index (χ4n) is 9.47. The summed E-state index contributed by atoms with van der Waals surface area (Å²) in [6.45, 7) is 24.3. The van der Waals surface area contributed by atoms with Crippen molar-refractivity contribution in [1.82, 2.24) is 0 Å². The summed E-state index contributed by atoms with van der Waals surface area (Å²) in [5.41, 5.74) is 0.560. The van der Waals surface area contributed by atoms with E-state index in [2.05, 4.69) is 77.8 Å². The van der Waals surface area contributed by atoms with Gasteiger partial charge in [0.05, 0.1) is 17.7 Å². The molecule has 73 heavy (non-hydrogen) atoms. The van der Waals surface area contributed by atoms with Crippen LogP contribution >= 0.6 is 9.12 Å². The van der Waals surface area contributed by atoms with Gasteiger partial charge in [-0.15, -0.1) is 6.58 Å². The monoisotopic (exact) mass is 1040 g/mol. The maximum Gasteiger partial charge on any atom is 0.386 e. The number of carbonyl (C=O) groups excluding carboxylic acids is 2. The Morgan fingerprint density at radius 3 is 1.59 bits per heavy atom. The van der Waals surface area contributed by atoms with Crippen molar-refractivity contribution < 1.29 is 54.7 Å². The third-order valence-electron chi connectivity index (χ3n) is 14.8. The van der Waals surface area contributed by atoms with Crippen molar-refractivity contribution in [2.45, 2.75) is 158 Å². The molecule has 2 aromatic carbocycles. The molecule has 6 N–H and O–H groups in total. The Morgan fingerprint density at radius 1 is 0.644 bits per heavy atom. The number of benzene rings is 2.